The first-order chi connectivity index (χ1) is 7.94. The fourth-order valence-electron chi connectivity index (χ4n) is 2.51. The van der Waals surface area contributed by atoms with E-state index in [9.17, 15) is 5.11 Å². The highest BCUT2D eigenvalue weighted by molar-refractivity contribution is 7.03. The lowest BCUT2D eigenvalue weighted by atomic mass is 9.55. The minimum absolute atomic E-state index is 0.181. The molecular weight excluding hydrogens is 230 g/mol. The van der Waals surface area contributed by atoms with Crippen molar-refractivity contribution in [1.82, 2.24) is 0 Å². The van der Waals surface area contributed by atoms with Crippen molar-refractivity contribution in [1.29, 1.82) is 0 Å². The van der Waals surface area contributed by atoms with Crippen LogP contribution in [-0.2, 0) is 14.0 Å². The van der Waals surface area contributed by atoms with Gasteiger partial charge in [-0.3, -0.25) is 0 Å². The molecule has 1 N–H and O–H groups in total. The molecule has 102 valence electrons. The summed E-state index contributed by atoms with van der Waals surface area (Å²) in [6.45, 7) is 13.5. The van der Waals surface area contributed by atoms with Gasteiger partial charge in [0.2, 0.25) is 0 Å². The summed E-state index contributed by atoms with van der Waals surface area (Å²) in [5.41, 5.74) is -1.91. The molecule has 0 aromatic heterocycles. The molecule has 0 radical (unpaired) electrons. The molecule has 0 aromatic carbocycles. The van der Waals surface area contributed by atoms with Gasteiger partial charge in [-0.25, -0.2) is 0 Å². The Morgan fingerprint density at radius 2 is 1.61 bits per heavy atom. The molecule has 1 aliphatic carbocycles. The maximum absolute atomic E-state index is 10.0. The lowest BCUT2D eigenvalue weighted by Crippen LogP contribution is -2.50. The SMILES string of the molecule is CC1C2(C)OB(BOC(C)(C)C(C)(C)O)OC12C. The summed E-state index contributed by atoms with van der Waals surface area (Å²) in [6.07, 6.45) is 0. The van der Waals surface area contributed by atoms with Gasteiger partial charge in [-0.05, 0) is 41.5 Å². The first-order valence-electron chi connectivity index (χ1n) is 6.66. The quantitative estimate of drug-likeness (QED) is 0.763. The molecule has 4 nitrogen and oxygen atoms in total. The Balaban J connectivity index is 1.88. The van der Waals surface area contributed by atoms with Crippen molar-refractivity contribution in [2.45, 2.75) is 70.9 Å². The standard InChI is InChI=1S/C12H24B2O4/c1-8-11(6)12(8,7)18-14(17-11)13-16-10(4,5)9(2,3)15/h8,13,15H,1-7H3. The van der Waals surface area contributed by atoms with Crippen molar-refractivity contribution in [3.63, 3.8) is 0 Å². The highest BCUT2D eigenvalue weighted by Gasteiger charge is 2.77. The van der Waals surface area contributed by atoms with Crippen molar-refractivity contribution in [2.75, 3.05) is 0 Å². The highest BCUT2D eigenvalue weighted by atomic mass is 16.7. The van der Waals surface area contributed by atoms with Crippen LogP contribution in [0.5, 0.6) is 0 Å². The third-order valence-corrected chi connectivity index (χ3v) is 5.36. The first-order valence-corrected chi connectivity index (χ1v) is 6.66. The minimum atomic E-state index is -0.907. The number of hydrogen-bond donors (Lipinski definition) is 1. The normalized spacial score (nSPS) is 39.8. The number of hydrogen-bond acceptors (Lipinski definition) is 4. The van der Waals surface area contributed by atoms with E-state index in [4.69, 9.17) is 14.0 Å². The van der Waals surface area contributed by atoms with Gasteiger partial charge in [-0.1, -0.05) is 6.92 Å². The minimum Gasteiger partial charge on any atom is -0.434 e. The first kappa shape index (κ1) is 14.4. The second kappa shape index (κ2) is 3.75. The van der Waals surface area contributed by atoms with E-state index in [2.05, 4.69) is 20.8 Å². The van der Waals surface area contributed by atoms with Crippen molar-refractivity contribution >= 4 is 14.4 Å². The zero-order valence-electron chi connectivity index (χ0n) is 12.5. The van der Waals surface area contributed by atoms with Gasteiger partial charge in [0.15, 0.2) is 0 Å². The van der Waals surface area contributed by atoms with Crippen LogP contribution < -0.4 is 0 Å². The molecule has 2 rings (SSSR count). The Kier molecular flexibility index (Phi) is 3.00. The molecule has 6 heteroatoms. The maximum atomic E-state index is 10.0. The smallest absolute Gasteiger partial charge is 0.434 e. The number of fused-ring (bicyclic) bond motifs is 1. The van der Waals surface area contributed by atoms with Crippen LogP contribution in [0.4, 0.5) is 0 Å². The van der Waals surface area contributed by atoms with Crippen LogP contribution in [0.2, 0.25) is 0 Å². The van der Waals surface area contributed by atoms with Gasteiger partial charge in [0.25, 0.3) is 0 Å². The summed E-state index contributed by atoms with van der Waals surface area (Å²) in [6, 6.07) is 0. The average molecular weight is 254 g/mol. The molecule has 18 heavy (non-hydrogen) atoms. The summed E-state index contributed by atoms with van der Waals surface area (Å²) in [4.78, 5) is 0. The fraction of sp³-hybridized carbons (Fsp3) is 1.00. The zero-order chi connectivity index (χ0) is 14.0. The summed E-state index contributed by atoms with van der Waals surface area (Å²) >= 11 is 0. The highest BCUT2D eigenvalue weighted by Crippen LogP contribution is 2.63. The summed E-state index contributed by atoms with van der Waals surface area (Å²) < 4.78 is 17.6. The van der Waals surface area contributed by atoms with Crippen molar-refractivity contribution in [3.05, 3.63) is 0 Å². The Bertz CT molecular complexity index is 336. The molecular formula is C12H24B2O4. The van der Waals surface area contributed by atoms with E-state index in [0.717, 1.165) is 0 Å². The zero-order valence-corrected chi connectivity index (χ0v) is 12.5. The molecule has 0 spiro atoms. The van der Waals surface area contributed by atoms with Gasteiger partial charge in [0, 0.05) is 5.92 Å². The van der Waals surface area contributed by atoms with Gasteiger partial charge in [-0.15, -0.1) is 0 Å². The van der Waals surface area contributed by atoms with E-state index in [1.54, 1.807) is 13.8 Å². The van der Waals surface area contributed by atoms with E-state index in [0.29, 0.717) is 13.3 Å². The van der Waals surface area contributed by atoms with Gasteiger partial charge in [-0.2, -0.15) is 0 Å². The van der Waals surface area contributed by atoms with Gasteiger partial charge < -0.3 is 19.1 Å². The van der Waals surface area contributed by atoms with Crippen LogP contribution in [0.15, 0.2) is 0 Å². The molecule has 0 bridgehead atoms. The topological polar surface area (TPSA) is 47.9 Å². The summed E-state index contributed by atoms with van der Waals surface area (Å²) in [5.74, 6) is 0.420. The molecule has 2 unspecified atom stereocenters. The average Bonchev–Trinajstić information content (AvgIpc) is 2.52. The van der Waals surface area contributed by atoms with Gasteiger partial charge >= 0.3 is 14.4 Å². The van der Waals surface area contributed by atoms with Crippen LogP contribution in [0.3, 0.4) is 0 Å². The molecule has 1 saturated heterocycles. The van der Waals surface area contributed by atoms with Gasteiger partial charge in [0.05, 0.1) is 22.4 Å². The van der Waals surface area contributed by atoms with Crippen LogP contribution in [0.1, 0.15) is 48.5 Å². The Labute approximate surface area is 111 Å². The molecule has 2 fully saturated rings. The predicted octanol–water partition coefficient (Wildman–Crippen LogP) is 1.10. The van der Waals surface area contributed by atoms with Crippen molar-refractivity contribution < 1.29 is 19.1 Å². The number of rotatable bonds is 4. The third-order valence-electron chi connectivity index (χ3n) is 5.36. The molecule has 2 atom stereocenters. The predicted molar refractivity (Wildman–Crippen MR) is 72.5 cm³/mol. The van der Waals surface area contributed by atoms with Crippen molar-refractivity contribution in [2.24, 2.45) is 5.92 Å². The monoisotopic (exact) mass is 254 g/mol. The van der Waals surface area contributed by atoms with E-state index >= 15 is 0 Å². The molecule has 1 heterocycles. The van der Waals surface area contributed by atoms with E-state index < -0.39 is 11.2 Å². The maximum Gasteiger partial charge on any atom is 0.441 e. The van der Waals surface area contributed by atoms with Crippen LogP contribution in [-0.4, -0.2) is 41.9 Å². The lowest BCUT2D eigenvalue weighted by molar-refractivity contribution is -0.0895. The molecule has 0 amide bonds. The van der Waals surface area contributed by atoms with E-state index in [-0.39, 0.29) is 18.2 Å². The second-order valence-electron chi connectivity index (χ2n) is 6.98. The Morgan fingerprint density at radius 3 is 2.00 bits per heavy atom. The number of aliphatic hydroxyl groups is 1. The second-order valence-corrected chi connectivity index (χ2v) is 6.98. The Hall–Kier alpha value is -0.0301. The summed E-state index contributed by atoms with van der Waals surface area (Å²) in [5, 5.41) is 10.0. The molecule has 1 saturated carbocycles. The fourth-order valence-corrected chi connectivity index (χ4v) is 2.51. The van der Waals surface area contributed by atoms with Gasteiger partial charge in [0.1, 0.15) is 0 Å². The third kappa shape index (κ3) is 1.85. The van der Waals surface area contributed by atoms with E-state index in [1.807, 2.05) is 13.8 Å². The molecule has 0 aromatic rings. The van der Waals surface area contributed by atoms with Crippen LogP contribution in [0, 0.1) is 5.92 Å². The Morgan fingerprint density at radius 1 is 1.17 bits per heavy atom. The largest absolute Gasteiger partial charge is 0.441 e. The summed E-state index contributed by atoms with van der Waals surface area (Å²) in [7, 11) is 0.00681. The lowest BCUT2D eigenvalue weighted by Gasteiger charge is -2.38. The van der Waals surface area contributed by atoms with Crippen molar-refractivity contribution in [3.8, 4) is 0 Å². The van der Waals surface area contributed by atoms with Crippen LogP contribution >= 0.6 is 0 Å². The molecule has 1 aliphatic heterocycles. The van der Waals surface area contributed by atoms with Crippen LogP contribution in [0.25, 0.3) is 0 Å². The molecule has 2 aliphatic rings. The van der Waals surface area contributed by atoms with E-state index in [1.165, 1.54) is 0 Å².